The molecule has 0 amide bonds. The summed E-state index contributed by atoms with van der Waals surface area (Å²) in [5.74, 6) is 0. The molecule has 0 bridgehead atoms. The fourth-order valence-corrected chi connectivity index (χ4v) is 9.08. The highest BCUT2D eigenvalue weighted by Crippen LogP contribution is 2.50. The SMILES string of the molecule is c1ccc(-c2ccc(N(c3ccccc3)c3ccc4sc5c(N(c6ccccc6)c6ccccc6)cc(N(c6ccccc6)c6ccccc6)cc5c4c3)cc2)cc1. The Hall–Kier alpha value is -7.40. The zero-order chi connectivity index (χ0) is 38.7. The summed E-state index contributed by atoms with van der Waals surface area (Å²) in [5, 5.41) is 2.42. The van der Waals surface area contributed by atoms with E-state index in [9.17, 15) is 0 Å². The van der Waals surface area contributed by atoms with Crippen molar-refractivity contribution in [3.63, 3.8) is 0 Å². The van der Waals surface area contributed by atoms with Gasteiger partial charge in [0.2, 0.25) is 0 Å². The molecule has 4 heteroatoms. The molecule has 0 fully saturated rings. The van der Waals surface area contributed by atoms with Gasteiger partial charge in [-0.25, -0.2) is 0 Å². The monoisotopic (exact) mass is 761 g/mol. The van der Waals surface area contributed by atoms with E-state index in [2.05, 4.69) is 251 Å². The van der Waals surface area contributed by atoms with Crippen molar-refractivity contribution in [3.8, 4) is 11.1 Å². The molecule has 3 nitrogen and oxygen atoms in total. The Bertz CT molecular complexity index is 2840. The highest BCUT2D eigenvalue weighted by Gasteiger charge is 2.23. The van der Waals surface area contributed by atoms with Gasteiger partial charge in [-0.2, -0.15) is 0 Å². The number of anilines is 9. The van der Waals surface area contributed by atoms with Gasteiger partial charge < -0.3 is 14.7 Å². The topological polar surface area (TPSA) is 9.72 Å². The summed E-state index contributed by atoms with van der Waals surface area (Å²) in [5.41, 5.74) is 12.3. The molecule has 0 unspecified atom stereocenters. The Labute approximate surface area is 343 Å². The molecule has 9 aromatic carbocycles. The zero-order valence-corrected chi connectivity index (χ0v) is 32.6. The Kier molecular flexibility index (Phi) is 9.44. The van der Waals surface area contributed by atoms with Crippen LogP contribution in [0.25, 0.3) is 31.3 Å². The summed E-state index contributed by atoms with van der Waals surface area (Å²) in [6.45, 7) is 0. The first kappa shape index (κ1) is 35.0. The summed E-state index contributed by atoms with van der Waals surface area (Å²) >= 11 is 1.85. The highest BCUT2D eigenvalue weighted by molar-refractivity contribution is 7.26. The van der Waals surface area contributed by atoms with Gasteiger partial charge in [-0.15, -0.1) is 11.3 Å². The number of fused-ring (bicyclic) bond motifs is 3. The van der Waals surface area contributed by atoms with Crippen LogP contribution in [0.4, 0.5) is 51.2 Å². The summed E-state index contributed by atoms with van der Waals surface area (Å²) in [7, 11) is 0. The van der Waals surface area contributed by atoms with Gasteiger partial charge in [-0.3, -0.25) is 0 Å². The Morgan fingerprint density at radius 2 is 0.621 bits per heavy atom. The minimum Gasteiger partial charge on any atom is -0.310 e. The molecule has 0 saturated heterocycles. The molecule has 0 N–H and O–H groups in total. The van der Waals surface area contributed by atoms with Crippen molar-refractivity contribution >= 4 is 82.7 Å². The van der Waals surface area contributed by atoms with Crippen LogP contribution in [0.1, 0.15) is 0 Å². The van der Waals surface area contributed by atoms with Crippen LogP contribution >= 0.6 is 11.3 Å². The fraction of sp³-hybridized carbons (Fsp3) is 0. The number of hydrogen-bond acceptors (Lipinski definition) is 4. The van der Waals surface area contributed by atoms with E-state index in [1.807, 2.05) is 11.3 Å². The Balaban J connectivity index is 1.22. The number of para-hydroxylation sites is 5. The predicted molar refractivity (Wildman–Crippen MR) is 249 cm³/mol. The molecule has 0 atom stereocenters. The molecule has 1 heterocycles. The summed E-state index contributed by atoms with van der Waals surface area (Å²) in [6, 6.07) is 84.7. The summed E-state index contributed by atoms with van der Waals surface area (Å²) in [4.78, 5) is 7.14. The molecule has 0 saturated carbocycles. The van der Waals surface area contributed by atoms with Crippen molar-refractivity contribution in [1.29, 1.82) is 0 Å². The van der Waals surface area contributed by atoms with Crippen molar-refractivity contribution < 1.29 is 0 Å². The quantitative estimate of drug-likeness (QED) is 0.137. The minimum atomic E-state index is 1.08. The second kappa shape index (κ2) is 15.6. The van der Waals surface area contributed by atoms with Crippen LogP contribution in [-0.2, 0) is 0 Å². The van der Waals surface area contributed by atoms with Gasteiger partial charge in [0, 0.05) is 61.0 Å². The fourth-order valence-electron chi connectivity index (χ4n) is 7.91. The van der Waals surface area contributed by atoms with E-state index < -0.39 is 0 Å². The van der Waals surface area contributed by atoms with E-state index in [-0.39, 0.29) is 0 Å². The molecule has 0 aliphatic rings. The van der Waals surface area contributed by atoms with E-state index in [4.69, 9.17) is 0 Å². The normalized spacial score (nSPS) is 11.1. The first-order valence-electron chi connectivity index (χ1n) is 19.6. The standard InChI is InChI=1S/C54H39N3S/c1-7-19-40(20-8-1)41-31-33-47(34-32-41)55(42-21-9-2-10-22-42)48-35-36-53-50(37-48)51-38-49(56(43-23-11-3-12-24-43)44-25-13-4-14-26-44)39-52(54(51)58-53)57(45-27-15-5-16-28-45)46-29-17-6-18-30-46/h1-39H. The maximum atomic E-state index is 2.40. The average Bonchev–Trinajstić information content (AvgIpc) is 3.67. The Morgan fingerprint density at radius 1 is 0.259 bits per heavy atom. The van der Waals surface area contributed by atoms with Gasteiger partial charge in [-0.1, -0.05) is 133 Å². The van der Waals surface area contributed by atoms with E-state index in [0.717, 1.165) is 51.2 Å². The van der Waals surface area contributed by atoms with Gasteiger partial charge in [0.1, 0.15) is 0 Å². The second-order valence-corrected chi connectivity index (χ2v) is 15.3. The van der Waals surface area contributed by atoms with Crippen molar-refractivity contribution in [3.05, 3.63) is 237 Å². The lowest BCUT2D eigenvalue weighted by atomic mass is 10.0. The summed E-state index contributed by atoms with van der Waals surface area (Å²) < 4.78 is 2.46. The van der Waals surface area contributed by atoms with Gasteiger partial charge in [0.05, 0.1) is 10.4 Å². The maximum absolute atomic E-state index is 2.40. The van der Waals surface area contributed by atoms with Crippen LogP contribution in [0.15, 0.2) is 237 Å². The van der Waals surface area contributed by atoms with Gasteiger partial charge in [0.25, 0.3) is 0 Å². The van der Waals surface area contributed by atoms with Crippen LogP contribution in [0.5, 0.6) is 0 Å². The number of thiophene rings is 1. The van der Waals surface area contributed by atoms with Crippen molar-refractivity contribution in [2.45, 2.75) is 0 Å². The largest absolute Gasteiger partial charge is 0.310 e. The smallest absolute Gasteiger partial charge is 0.0661 e. The van der Waals surface area contributed by atoms with E-state index in [1.165, 1.54) is 31.3 Å². The lowest BCUT2D eigenvalue weighted by molar-refractivity contribution is 1.26. The van der Waals surface area contributed by atoms with Crippen LogP contribution < -0.4 is 14.7 Å². The lowest BCUT2D eigenvalue weighted by Crippen LogP contribution is -2.13. The number of nitrogens with zero attached hydrogens (tertiary/aromatic N) is 3. The second-order valence-electron chi connectivity index (χ2n) is 14.2. The molecule has 0 spiro atoms. The lowest BCUT2D eigenvalue weighted by Gasteiger charge is -2.30. The minimum absolute atomic E-state index is 1.08. The van der Waals surface area contributed by atoms with Crippen molar-refractivity contribution in [1.82, 2.24) is 0 Å². The van der Waals surface area contributed by atoms with E-state index >= 15 is 0 Å². The first-order valence-corrected chi connectivity index (χ1v) is 20.4. The first-order chi connectivity index (χ1) is 28.8. The molecule has 10 aromatic rings. The van der Waals surface area contributed by atoms with Crippen molar-refractivity contribution in [2.75, 3.05) is 14.7 Å². The molecule has 0 radical (unpaired) electrons. The molecule has 276 valence electrons. The summed E-state index contributed by atoms with van der Waals surface area (Å²) in [6.07, 6.45) is 0. The molecule has 58 heavy (non-hydrogen) atoms. The van der Waals surface area contributed by atoms with Gasteiger partial charge >= 0.3 is 0 Å². The third-order valence-corrected chi connectivity index (χ3v) is 11.8. The van der Waals surface area contributed by atoms with Crippen molar-refractivity contribution in [2.24, 2.45) is 0 Å². The van der Waals surface area contributed by atoms with Gasteiger partial charge in [0.15, 0.2) is 0 Å². The average molecular weight is 762 g/mol. The molecule has 10 rings (SSSR count). The predicted octanol–water partition coefficient (Wildman–Crippen LogP) is 16.1. The maximum Gasteiger partial charge on any atom is 0.0661 e. The van der Waals surface area contributed by atoms with Crippen LogP contribution in [0.2, 0.25) is 0 Å². The number of rotatable bonds is 10. The van der Waals surface area contributed by atoms with Gasteiger partial charge in [-0.05, 0) is 114 Å². The Morgan fingerprint density at radius 3 is 1.10 bits per heavy atom. The highest BCUT2D eigenvalue weighted by atomic mass is 32.1. The third kappa shape index (κ3) is 6.76. The number of hydrogen-bond donors (Lipinski definition) is 0. The third-order valence-electron chi connectivity index (χ3n) is 10.6. The molecule has 1 aromatic heterocycles. The van der Waals surface area contributed by atoms with Crippen LogP contribution in [0.3, 0.4) is 0 Å². The molecular weight excluding hydrogens is 723 g/mol. The van der Waals surface area contributed by atoms with Crippen LogP contribution in [-0.4, -0.2) is 0 Å². The molecule has 0 aliphatic carbocycles. The van der Waals surface area contributed by atoms with E-state index in [1.54, 1.807) is 0 Å². The molecular formula is C54H39N3S. The molecule has 0 aliphatic heterocycles. The number of benzene rings is 9. The zero-order valence-electron chi connectivity index (χ0n) is 31.8. The van der Waals surface area contributed by atoms with E-state index in [0.29, 0.717) is 0 Å². The van der Waals surface area contributed by atoms with Crippen LogP contribution in [0, 0.1) is 0 Å².